The van der Waals surface area contributed by atoms with Gasteiger partial charge in [0.25, 0.3) is 10.0 Å². The Morgan fingerprint density at radius 3 is 3.00 bits per heavy atom. The molecule has 146 valence electrons. The summed E-state index contributed by atoms with van der Waals surface area (Å²) in [5.74, 6) is 0.394. The van der Waals surface area contributed by atoms with Crippen molar-refractivity contribution in [3.8, 4) is 23.0 Å². The molecule has 0 amide bonds. The van der Waals surface area contributed by atoms with E-state index in [2.05, 4.69) is 19.8 Å². The third-order valence-corrected chi connectivity index (χ3v) is 5.58. The van der Waals surface area contributed by atoms with Crippen LogP contribution in [0.5, 0.6) is 11.8 Å². The SMILES string of the molecule is CCOc1ncc(Cl)cc1S(=O)(=O)Nc1cnc2c(c1)-c1ccnn1CCO2. The molecule has 0 aliphatic carbocycles. The summed E-state index contributed by atoms with van der Waals surface area (Å²) in [6.07, 6.45) is 4.39. The van der Waals surface area contributed by atoms with Crippen LogP contribution >= 0.6 is 11.6 Å². The molecular formula is C17H16ClN5O4S. The lowest BCUT2D eigenvalue weighted by Crippen LogP contribution is -2.15. The lowest BCUT2D eigenvalue weighted by atomic mass is 10.2. The summed E-state index contributed by atoms with van der Waals surface area (Å²) in [4.78, 5) is 8.05. The van der Waals surface area contributed by atoms with Crippen molar-refractivity contribution < 1.29 is 17.9 Å². The number of rotatable bonds is 5. The number of ether oxygens (including phenoxy) is 2. The van der Waals surface area contributed by atoms with Gasteiger partial charge >= 0.3 is 0 Å². The fraction of sp³-hybridized carbons (Fsp3) is 0.235. The first-order chi connectivity index (χ1) is 13.5. The van der Waals surface area contributed by atoms with Gasteiger partial charge in [0.05, 0.1) is 41.3 Å². The number of anilines is 1. The van der Waals surface area contributed by atoms with Crippen LogP contribution < -0.4 is 14.2 Å². The van der Waals surface area contributed by atoms with Gasteiger partial charge in [0.1, 0.15) is 6.61 Å². The predicted octanol–water partition coefficient (Wildman–Crippen LogP) is 2.59. The van der Waals surface area contributed by atoms with Gasteiger partial charge < -0.3 is 9.47 Å². The van der Waals surface area contributed by atoms with Crippen LogP contribution in [0.3, 0.4) is 0 Å². The lowest BCUT2D eigenvalue weighted by Gasteiger charge is -2.13. The fourth-order valence-electron chi connectivity index (χ4n) is 2.83. The molecule has 0 fully saturated rings. The van der Waals surface area contributed by atoms with E-state index in [1.165, 1.54) is 18.5 Å². The highest BCUT2D eigenvalue weighted by Gasteiger charge is 2.24. The minimum Gasteiger partial charge on any atom is -0.477 e. The molecule has 0 bridgehead atoms. The maximum Gasteiger partial charge on any atom is 0.267 e. The largest absolute Gasteiger partial charge is 0.477 e. The summed E-state index contributed by atoms with van der Waals surface area (Å²) in [5, 5.41) is 4.42. The molecule has 9 nitrogen and oxygen atoms in total. The van der Waals surface area contributed by atoms with E-state index in [4.69, 9.17) is 21.1 Å². The van der Waals surface area contributed by atoms with Gasteiger partial charge in [0.2, 0.25) is 11.8 Å². The molecule has 1 aliphatic heterocycles. The molecule has 3 aromatic rings. The van der Waals surface area contributed by atoms with Crippen molar-refractivity contribution in [2.45, 2.75) is 18.4 Å². The van der Waals surface area contributed by atoms with E-state index < -0.39 is 10.0 Å². The normalized spacial score (nSPS) is 13.1. The zero-order valence-corrected chi connectivity index (χ0v) is 16.4. The Morgan fingerprint density at radius 2 is 2.18 bits per heavy atom. The number of hydrogen-bond donors (Lipinski definition) is 1. The first-order valence-electron chi connectivity index (χ1n) is 8.44. The van der Waals surface area contributed by atoms with Crippen molar-refractivity contribution >= 4 is 27.3 Å². The number of halogens is 1. The van der Waals surface area contributed by atoms with E-state index in [1.807, 2.05) is 6.07 Å². The zero-order chi connectivity index (χ0) is 19.7. The van der Waals surface area contributed by atoms with Crippen LogP contribution in [-0.4, -0.2) is 41.4 Å². The fourth-order valence-corrected chi connectivity index (χ4v) is 4.21. The van der Waals surface area contributed by atoms with E-state index in [9.17, 15) is 8.42 Å². The quantitative estimate of drug-likeness (QED) is 0.674. The van der Waals surface area contributed by atoms with Crippen molar-refractivity contribution in [2.24, 2.45) is 0 Å². The number of sulfonamides is 1. The number of nitrogens with zero attached hydrogens (tertiary/aromatic N) is 4. The second-order valence-electron chi connectivity index (χ2n) is 5.86. The van der Waals surface area contributed by atoms with E-state index >= 15 is 0 Å². The molecule has 0 saturated heterocycles. The molecule has 4 rings (SSSR count). The molecule has 0 atom stereocenters. The van der Waals surface area contributed by atoms with Gasteiger partial charge in [-0.25, -0.2) is 18.4 Å². The van der Waals surface area contributed by atoms with E-state index in [-0.39, 0.29) is 28.1 Å². The van der Waals surface area contributed by atoms with E-state index in [1.54, 1.807) is 23.9 Å². The Balaban J connectivity index is 1.72. The standard InChI is InChI=1S/C17H16ClN5O4S/c1-2-26-17-15(7-11(18)9-19-17)28(24,25)22-12-8-13-14-3-4-21-23(14)5-6-27-16(13)20-10-12/h3-4,7-10,22H,2,5-6H2,1H3. The van der Waals surface area contributed by atoms with E-state index in [0.717, 1.165) is 5.69 Å². The smallest absolute Gasteiger partial charge is 0.267 e. The van der Waals surface area contributed by atoms with Gasteiger partial charge in [-0.1, -0.05) is 11.6 Å². The average molecular weight is 422 g/mol. The number of aromatic nitrogens is 4. The predicted molar refractivity (Wildman–Crippen MR) is 102 cm³/mol. The molecule has 3 aromatic heterocycles. The van der Waals surface area contributed by atoms with Crippen molar-refractivity contribution in [3.05, 3.63) is 41.8 Å². The third-order valence-electron chi connectivity index (χ3n) is 3.99. The molecule has 0 radical (unpaired) electrons. The minimum absolute atomic E-state index is 0.0245. The lowest BCUT2D eigenvalue weighted by molar-refractivity contribution is 0.290. The first-order valence-corrected chi connectivity index (χ1v) is 10.3. The number of fused-ring (bicyclic) bond motifs is 3. The number of nitrogens with one attached hydrogen (secondary N) is 1. The third kappa shape index (κ3) is 3.48. The zero-order valence-electron chi connectivity index (χ0n) is 14.8. The van der Waals surface area contributed by atoms with Gasteiger partial charge in [0.15, 0.2) is 4.90 Å². The van der Waals surface area contributed by atoms with Crippen LogP contribution in [-0.2, 0) is 16.6 Å². The van der Waals surface area contributed by atoms with Crippen molar-refractivity contribution in [1.82, 2.24) is 19.7 Å². The summed E-state index contributed by atoms with van der Waals surface area (Å²) in [6.45, 7) is 3.00. The van der Waals surface area contributed by atoms with Crippen LogP contribution in [0, 0.1) is 0 Å². The second-order valence-corrected chi connectivity index (χ2v) is 7.95. The van der Waals surface area contributed by atoms with Crippen LogP contribution in [0.1, 0.15) is 6.92 Å². The second kappa shape index (κ2) is 7.28. The number of pyridine rings is 2. The molecule has 1 N–H and O–H groups in total. The molecule has 11 heteroatoms. The van der Waals surface area contributed by atoms with Gasteiger partial charge in [-0.05, 0) is 25.1 Å². The Kier molecular flexibility index (Phi) is 4.82. The van der Waals surface area contributed by atoms with Gasteiger partial charge in [-0.3, -0.25) is 9.40 Å². The van der Waals surface area contributed by atoms with Gasteiger partial charge in [-0.15, -0.1) is 0 Å². The maximum atomic E-state index is 12.9. The monoisotopic (exact) mass is 421 g/mol. The molecular weight excluding hydrogens is 406 g/mol. The summed E-state index contributed by atoms with van der Waals surface area (Å²) in [5.41, 5.74) is 1.70. The van der Waals surface area contributed by atoms with Crippen LogP contribution in [0.25, 0.3) is 11.3 Å². The van der Waals surface area contributed by atoms with Gasteiger partial charge in [0, 0.05) is 12.4 Å². The number of hydrogen-bond acceptors (Lipinski definition) is 7. The van der Waals surface area contributed by atoms with Crippen LogP contribution in [0.2, 0.25) is 5.02 Å². The Morgan fingerprint density at radius 1 is 1.32 bits per heavy atom. The average Bonchev–Trinajstić information content (AvgIpc) is 3.06. The molecule has 28 heavy (non-hydrogen) atoms. The van der Waals surface area contributed by atoms with Crippen LogP contribution in [0.4, 0.5) is 5.69 Å². The van der Waals surface area contributed by atoms with E-state index in [0.29, 0.717) is 24.6 Å². The summed E-state index contributed by atoms with van der Waals surface area (Å²) < 4.78 is 41.1. The first kappa shape index (κ1) is 18.5. The van der Waals surface area contributed by atoms with Crippen molar-refractivity contribution in [2.75, 3.05) is 17.9 Å². The molecule has 0 aromatic carbocycles. The Bertz CT molecular complexity index is 1130. The van der Waals surface area contributed by atoms with Crippen molar-refractivity contribution in [3.63, 3.8) is 0 Å². The minimum atomic E-state index is -4.01. The highest BCUT2D eigenvalue weighted by atomic mass is 35.5. The summed E-state index contributed by atoms with van der Waals surface area (Å²) in [6, 6.07) is 4.76. The Labute approximate surface area is 166 Å². The van der Waals surface area contributed by atoms with Crippen molar-refractivity contribution in [1.29, 1.82) is 0 Å². The summed E-state index contributed by atoms with van der Waals surface area (Å²) in [7, 11) is -4.01. The molecule has 0 saturated carbocycles. The molecule has 1 aliphatic rings. The maximum absolute atomic E-state index is 12.9. The Hall–Kier alpha value is -2.85. The highest BCUT2D eigenvalue weighted by Crippen LogP contribution is 2.33. The highest BCUT2D eigenvalue weighted by molar-refractivity contribution is 7.92. The molecule has 0 spiro atoms. The molecule has 0 unspecified atom stereocenters. The molecule has 4 heterocycles. The van der Waals surface area contributed by atoms with Crippen LogP contribution in [0.15, 0.2) is 41.7 Å². The summed E-state index contributed by atoms with van der Waals surface area (Å²) >= 11 is 5.93. The topological polar surface area (TPSA) is 108 Å². The van der Waals surface area contributed by atoms with Gasteiger partial charge in [-0.2, -0.15) is 5.10 Å².